The number of phenols is 1. The molecule has 0 aliphatic carbocycles. The minimum Gasteiger partial charge on any atom is -0.508 e. The highest BCUT2D eigenvalue weighted by Crippen LogP contribution is 2.26. The van der Waals surface area contributed by atoms with Gasteiger partial charge in [-0.05, 0) is 76.3 Å². The van der Waals surface area contributed by atoms with E-state index in [1.165, 1.54) is 0 Å². The summed E-state index contributed by atoms with van der Waals surface area (Å²) in [4.78, 5) is 42.8. The molecule has 0 spiro atoms. The molecule has 0 heterocycles. The van der Waals surface area contributed by atoms with Gasteiger partial charge in [-0.3, -0.25) is 9.59 Å². The summed E-state index contributed by atoms with van der Waals surface area (Å²) < 4.78 is 5.51. The molecule has 2 unspecified atom stereocenters. The number of ether oxygens (including phenoxy) is 1. The minimum atomic E-state index is -0.996. The number of unbranched alkanes of at least 4 members (excludes halogenated alkanes) is 4. The van der Waals surface area contributed by atoms with Crippen molar-refractivity contribution in [3.05, 3.63) is 65.2 Å². The summed E-state index contributed by atoms with van der Waals surface area (Å²) >= 11 is 0. The van der Waals surface area contributed by atoms with E-state index >= 15 is 0 Å². The zero-order valence-corrected chi connectivity index (χ0v) is 26.5. The van der Waals surface area contributed by atoms with Gasteiger partial charge in [-0.2, -0.15) is 0 Å². The van der Waals surface area contributed by atoms with Crippen molar-refractivity contribution in [2.24, 2.45) is 0 Å². The molecule has 2 rings (SSSR count). The highest BCUT2D eigenvalue weighted by Gasteiger charge is 2.36. The molecule has 232 valence electrons. The largest absolute Gasteiger partial charge is 0.508 e. The topological polar surface area (TPSA) is 108 Å². The van der Waals surface area contributed by atoms with Crippen molar-refractivity contribution >= 4 is 17.9 Å². The van der Waals surface area contributed by atoms with Gasteiger partial charge < -0.3 is 25.4 Å². The molecule has 3 N–H and O–H groups in total. The van der Waals surface area contributed by atoms with E-state index in [4.69, 9.17) is 4.74 Å². The fourth-order valence-electron chi connectivity index (χ4n) is 4.74. The number of aromatic hydroxyl groups is 1. The van der Waals surface area contributed by atoms with Crippen LogP contribution in [0.2, 0.25) is 0 Å². The van der Waals surface area contributed by atoms with Crippen LogP contribution in [0.5, 0.6) is 5.75 Å². The van der Waals surface area contributed by atoms with Crippen molar-refractivity contribution in [1.82, 2.24) is 15.5 Å². The molecular formula is C34H51N3O5. The predicted molar refractivity (Wildman–Crippen MR) is 167 cm³/mol. The molecular weight excluding hydrogens is 530 g/mol. The van der Waals surface area contributed by atoms with Crippen molar-refractivity contribution in [2.45, 2.75) is 117 Å². The van der Waals surface area contributed by atoms with E-state index in [1.54, 1.807) is 49.9 Å². The van der Waals surface area contributed by atoms with E-state index in [0.717, 1.165) is 49.7 Å². The van der Waals surface area contributed by atoms with Crippen molar-refractivity contribution < 1.29 is 24.2 Å². The third-order valence-electron chi connectivity index (χ3n) is 6.85. The van der Waals surface area contributed by atoms with E-state index in [0.29, 0.717) is 12.1 Å². The average Bonchev–Trinajstić information content (AvgIpc) is 2.91. The summed E-state index contributed by atoms with van der Waals surface area (Å²) in [6.45, 7) is 13.6. The van der Waals surface area contributed by atoms with Crippen molar-refractivity contribution in [1.29, 1.82) is 0 Å². The minimum absolute atomic E-state index is 0.108. The first-order chi connectivity index (χ1) is 19.8. The molecule has 3 amide bonds. The smallest absolute Gasteiger partial charge is 0.408 e. The van der Waals surface area contributed by atoms with Crippen LogP contribution in [0.15, 0.2) is 48.5 Å². The quantitative estimate of drug-likeness (QED) is 0.209. The molecule has 0 saturated carbocycles. The third-order valence-corrected chi connectivity index (χ3v) is 6.85. The van der Waals surface area contributed by atoms with Gasteiger partial charge in [0.05, 0.1) is 0 Å². The summed E-state index contributed by atoms with van der Waals surface area (Å²) in [6, 6.07) is 12.3. The number of carbonyl (C=O) groups excluding carboxylic acids is 3. The number of nitrogens with zero attached hydrogens (tertiary/aromatic N) is 1. The standard InChI is InChI=1S/C34H51N3O5/c1-8-10-11-12-13-22-37(30(31(39)35-24(3)4)27-18-14-25(9-2)15-19-27)32(40)29(36-33(41)42-34(5,6)7)23-26-16-20-28(38)21-17-26/h14-21,24,29-30,38H,8-13,22-23H2,1-7H3,(H,35,39)(H,36,41). The number of rotatable bonds is 15. The van der Waals surface area contributed by atoms with Gasteiger partial charge in [-0.15, -0.1) is 0 Å². The highest BCUT2D eigenvalue weighted by molar-refractivity contribution is 5.92. The number of aryl methyl sites for hydroxylation is 1. The zero-order valence-electron chi connectivity index (χ0n) is 26.5. The van der Waals surface area contributed by atoms with Crippen LogP contribution in [-0.2, 0) is 27.2 Å². The Morgan fingerprint density at radius 1 is 0.857 bits per heavy atom. The Bertz CT molecular complexity index is 1120. The lowest BCUT2D eigenvalue weighted by Gasteiger charge is -2.35. The van der Waals surface area contributed by atoms with E-state index < -0.39 is 23.8 Å². The van der Waals surface area contributed by atoms with Crippen LogP contribution >= 0.6 is 0 Å². The molecule has 0 aliphatic rings. The van der Waals surface area contributed by atoms with Crippen LogP contribution in [0.4, 0.5) is 4.79 Å². The summed E-state index contributed by atoms with van der Waals surface area (Å²) in [5.41, 5.74) is 1.85. The van der Waals surface area contributed by atoms with Crippen molar-refractivity contribution in [2.75, 3.05) is 6.54 Å². The van der Waals surface area contributed by atoms with Crippen LogP contribution in [0.1, 0.15) is 103 Å². The van der Waals surface area contributed by atoms with Gasteiger partial charge in [0.25, 0.3) is 0 Å². The number of benzene rings is 2. The summed E-state index contributed by atoms with van der Waals surface area (Å²) in [7, 11) is 0. The lowest BCUT2D eigenvalue weighted by molar-refractivity contribution is -0.142. The fourth-order valence-corrected chi connectivity index (χ4v) is 4.74. The number of alkyl carbamates (subject to hydrolysis) is 1. The Kier molecular flexibility index (Phi) is 13.8. The number of hydrogen-bond acceptors (Lipinski definition) is 5. The van der Waals surface area contributed by atoms with Gasteiger partial charge in [0.1, 0.15) is 23.4 Å². The fraction of sp³-hybridized carbons (Fsp3) is 0.559. The number of carbonyl (C=O) groups is 3. The molecule has 2 aromatic rings. The lowest BCUT2D eigenvalue weighted by Crippen LogP contribution is -2.54. The second kappa shape index (κ2) is 16.8. The first-order valence-corrected chi connectivity index (χ1v) is 15.3. The second-order valence-electron chi connectivity index (χ2n) is 12.2. The first kappa shape index (κ1) is 34.7. The molecule has 0 fully saturated rings. The molecule has 0 aliphatic heterocycles. The second-order valence-corrected chi connectivity index (χ2v) is 12.2. The van der Waals surface area contributed by atoms with Gasteiger partial charge in [0, 0.05) is 19.0 Å². The molecule has 42 heavy (non-hydrogen) atoms. The Labute approximate surface area is 252 Å². The average molecular weight is 582 g/mol. The zero-order chi connectivity index (χ0) is 31.3. The highest BCUT2D eigenvalue weighted by atomic mass is 16.6. The van der Waals surface area contributed by atoms with E-state index in [-0.39, 0.29) is 30.0 Å². The third kappa shape index (κ3) is 11.7. The van der Waals surface area contributed by atoms with E-state index in [1.807, 2.05) is 38.1 Å². The molecule has 8 heteroatoms. The summed E-state index contributed by atoms with van der Waals surface area (Å²) in [6.07, 6.45) is 5.21. The Morgan fingerprint density at radius 3 is 2.00 bits per heavy atom. The summed E-state index contributed by atoms with van der Waals surface area (Å²) in [5, 5.41) is 15.6. The molecule has 0 radical (unpaired) electrons. The van der Waals surface area contributed by atoms with Crippen LogP contribution in [0.3, 0.4) is 0 Å². The van der Waals surface area contributed by atoms with E-state index in [2.05, 4.69) is 24.5 Å². The Morgan fingerprint density at radius 2 is 1.45 bits per heavy atom. The number of phenolic OH excluding ortho intramolecular Hbond substituents is 1. The lowest BCUT2D eigenvalue weighted by atomic mass is 9.98. The Balaban J connectivity index is 2.55. The summed E-state index contributed by atoms with van der Waals surface area (Å²) in [5.74, 6) is -0.527. The molecule has 2 atom stereocenters. The SMILES string of the molecule is CCCCCCCN(C(=O)C(Cc1ccc(O)cc1)NC(=O)OC(C)(C)C)C(C(=O)NC(C)C)c1ccc(CC)cc1. The van der Waals surface area contributed by atoms with Gasteiger partial charge in [0.15, 0.2) is 0 Å². The molecule has 0 saturated heterocycles. The van der Waals surface area contributed by atoms with Crippen molar-refractivity contribution in [3.8, 4) is 5.75 Å². The van der Waals surface area contributed by atoms with Gasteiger partial charge in [-0.25, -0.2) is 4.79 Å². The van der Waals surface area contributed by atoms with Gasteiger partial charge in [-0.1, -0.05) is 75.9 Å². The maximum atomic E-state index is 14.5. The Hall–Kier alpha value is -3.55. The maximum Gasteiger partial charge on any atom is 0.408 e. The number of nitrogens with one attached hydrogen (secondary N) is 2. The monoisotopic (exact) mass is 581 g/mol. The van der Waals surface area contributed by atoms with Gasteiger partial charge >= 0.3 is 6.09 Å². The first-order valence-electron chi connectivity index (χ1n) is 15.3. The van der Waals surface area contributed by atoms with Crippen LogP contribution in [0, 0.1) is 0 Å². The molecule has 8 nitrogen and oxygen atoms in total. The van der Waals surface area contributed by atoms with Crippen LogP contribution < -0.4 is 10.6 Å². The number of amides is 3. The van der Waals surface area contributed by atoms with Crippen LogP contribution in [-0.4, -0.2) is 52.1 Å². The van der Waals surface area contributed by atoms with E-state index in [9.17, 15) is 19.5 Å². The number of hydrogen-bond donors (Lipinski definition) is 3. The normalized spacial score (nSPS) is 12.9. The van der Waals surface area contributed by atoms with Crippen LogP contribution in [0.25, 0.3) is 0 Å². The molecule has 0 bridgehead atoms. The van der Waals surface area contributed by atoms with Gasteiger partial charge in [0.2, 0.25) is 11.8 Å². The predicted octanol–water partition coefficient (Wildman–Crippen LogP) is 6.46. The maximum absolute atomic E-state index is 14.5. The molecule has 2 aromatic carbocycles. The molecule has 0 aromatic heterocycles. The van der Waals surface area contributed by atoms with Crippen molar-refractivity contribution in [3.63, 3.8) is 0 Å².